The summed E-state index contributed by atoms with van der Waals surface area (Å²) >= 11 is 0. The number of fused-ring (bicyclic) bond motifs is 1. The van der Waals surface area contributed by atoms with Crippen molar-refractivity contribution in [3.05, 3.63) is 48.0 Å². The Morgan fingerprint density at radius 1 is 1.15 bits per heavy atom. The minimum Gasteiger partial charge on any atom is -0.399 e. The molecule has 3 heteroatoms. The fourth-order valence-corrected chi connectivity index (χ4v) is 2.77. The van der Waals surface area contributed by atoms with Crippen LogP contribution in [0.4, 0.5) is 5.69 Å². The molecule has 2 N–H and O–H groups in total. The molecule has 1 aliphatic rings. The standard InChI is InChI=1S/C17H17N3/c1-11-10-12(6-9-14(11)18)17-19-15-4-2-3-5-16(15)20(17)13-7-8-13/h2-6,9-10,13H,7-8,18H2,1H3. The first-order chi connectivity index (χ1) is 9.74. The normalized spacial score (nSPS) is 14.8. The molecule has 0 bridgehead atoms. The number of benzene rings is 2. The van der Waals surface area contributed by atoms with E-state index in [2.05, 4.69) is 34.9 Å². The molecule has 1 saturated carbocycles. The first-order valence-corrected chi connectivity index (χ1v) is 7.07. The second kappa shape index (κ2) is 4.10. The van der Waals surface area contributed by atoms with Crippen LogP contribution in [-0.4, -0.2) is 9.55 Å². The molecule has 3 nitrogen and oxygen atoms in total. The zero-order chi connectivity index (χ0) is 13.7. The summed E-state index contributed by atoms with van der Waals surface area (Å²) in [5.74, 6) is 1.07. The van der Waals surface area contributed by atoms with Crippen LogP contribution in [0.15, 0.2) is 42.5 Å². The second-order valence-corrected chi connectivity index (χ2v) is 5.60. The first-order valence-electron chi connectivity index (χ1n) is 7.07. The van der Waals surface area contributed by atoms with Crippen molar-refractivity contribution in [1.82, 2.24) is 9.55 Å². The number of nitrogen functional groups attached to an aromatic ring is 1. The number of imidazole rings is 1. The Morgan fingerprint density at radius 3 is 2.70 bits per heavy atom. The highest BCUT2D eigenvalue weighted by molar-refractivity contribution is 5.81. The predicted octanol–water partition coefficient (Wildman–Crippen LogP) is 3.93. The summed E-state index contributed by atoms with van der Waals surface area (Å²) in [6.07, 6.45) is 2.50. The molecule has 4 rings (SSSR count). The van der Waals surface area contributed by atoms with Crippen molar-refractivity contribution in [2.75, 3.05) is 5.73 Å². The second-order valence-electron chi connectivity index (χ2n) is 5.60. The van der Waals surface area contributed by atoms with Gasteiger partial charge in [0, 0.05) is 17.3 Å². The van der Waals surface area contributed by atoms with Gasteiger partial charge < -0.3 is 10.3 Å². The lowest BCUT2D eigenvalue weighted by atomic mass is 10.1. The van der Waals surface area contributed by atoms with Crippen LogP contribution >= 0.6 is 0 Å². The molecule has 0 unspecified atom stereocenters. The van der Waals surface area contributed by atoms with Crippen LogP contribution < -0.4 is 5.73 Å². The largest absolute Gasteiger partial charge is 0.399 e. The molecule has 0 aliphatic heterocycles. The van der Waals surface area contributed by atoms with Crippen LogP contribution in [0.1, 0.15) is 24.4 Å². The van der Waals surface area contributed by atoms with Gasteiger partial charge >= 0.3 is 0 Å². The van der Waals surface area contributed by atoms with Gasteiger partial charge in [-0.05, 0) is 55.7 Å². The van der Waals surface area contributed by atoms with E-state index < -0.39 is 0 Å². The van der Waals surface area contributed by atoms with E-state index in [4.69, 9.17) is 10.7 Å². The highest BCUT2D eigenvalue weighted by atomic mass is 15.1. The molecule has 3 aromatic rings. The van der Waals surface area contributed by atoms with Crippen molar-refractivity contribution in [2.45, 2.75) is 25.8 Å². The van der Waals surface area contributed by atoms with E-state index in [1.54, 1.807) is 0 Å². The van der Waals surface area contributed by atoms with Crippen molar-refractivity contribution in [3.63, 3.8) is 0 Å². The number of anilines is 1. The Bertz CT molecular complexity index is 797. The van der Waals surface area contributed by atoms with Gasteiger partial charge in [-0.1, -0.05) is 12.1 Å². The summed E-state index contributed by atoms with van der Waals surface area (Å²) in [4.78, 5) is 4.84. The van der Waals surface area contributed by atoms with Crippen LogP contribution in [0.3, 0.4) is 0 Å². The summed E-state index contributed by atoms with van der Waals surface area (Å²) in [5, 5.41) is 0. The lowest BCUT2D eigenvalue weighted by Crippen LogP contribution is -1.98. The number of aryl methyl sites for hydroxylation is 1. The lowest BCUT2D eigenvalue weighted by molar-refractivity contribution is 0.775. The van der Waals surface area contributed by atoms with Gasteiger partial charge in [0.2, 0.25) is 0 Å². The molecule has 100 valence electrons. The average molecular weight is 263 g/mol. The Morgan fingerprint density at radius 2 is 1.95 bits per heavy atom. The van der Waals surface area contributed by atoms with Gasteiger partial charge in [-0.15, -0.1) is 0 Å². The average Bonchev–Trinajstić information content (AvgIpc) is 3.22. The number of para-hydroxylation sites is 2. The highest BCUT2D eigenvalue weighted by Gasteiger charge is 2.28. The fraction of sp³-hybridized carbons (Fsp3) is 0.235. The van der Waals surface area contributed by atoms with Crippen LogP contribution in [0, 0.1) is 6.92 Å². The maximum Gasteiger partial charge on any atom is 0.141 e. The van der Waals surface area contributed by atoms with Gasteiger partial charge in [0.1, 0.15) is 5.82 Å². The molecular weight excluding hydrogens is 246 g/mol. The molecule has 1 heterocycles. The van der Waals surface area contributed by atoms with Crippen molar-refractivity contribution < 1.29 is 0 Å². The van der Waals surface area contributed by atoms with Crippen LogP contribution in [0.25, 0.3) is 22.4 Å². The summed E-state index contributed by atoms with van der Waals surface area (Å²) in [6.45, 7) is 2.04. The molecule has 20 heavy (non-hydrogen) atoms. The third-order valence-electron chi connectivity index (χ3n) is 4.04. The quantitative estimate of drug-likeness (QED) is 0.712. The van der Waals surface area contributed by atoms with Crippen molar-refractivity contribution in [2.24, 2.45) is 0 Å². The first kappa shape index (κ1) is 11.5. The van der Waals surface area contributed by atoms with E-state index >= 15 is 0 Å². The van der Waals surface area contributed by atoms with Gasteiger partial charge in [0.25, 0.3) is 0 Å². The molecule has 0 spiro atoms. The SMILES string of the molecule is Cc1cc(-c2nc3ccccc3n2C2CC2)ccc1N. The molecule has 1 aliphatic carbocycles. The van der Waals surface area contributed by atoms with E-state index in [1.807, 2.05) is 19.1 Å². The zero-order valence-corrected chi connectivity index (χ0v) is 11.5. The minimum absolute atomic E-state index is 0.607. The lowest BCUT2D eigenvalue weighted by Gasteiger charge is -2.09. The monoisotopic (exact) mass is 263 g/mol. The summed E-state index contributed by atoms with van der Waals surface area (Å²) < 4.78 is 2.39. The molecular formula is C17H17N3. The van der Waals surface area contributed by atoms with Gasteiger partial charge in [-0.25, -0.2) is 4.98 Å². The van der Waals surface area contributed by atoms with Gasteiger partial charge in [0.15, 0.2) is 0 Å². The number of aromatic nitrogens is 2. The molecule has 0 atom stereocenters. The van der Waals surface area contributed by atoms with Gasteiger partial charge in [-0.2, -0.15) is 0 Å². The Labute approximate surface area is 118 Å². The van der Waals surface area contributed by atoms with E-state index in [1.165, 1.54) is 18.4 Å². The predicted molar refractivity (Wildman–Crippen MR) is 82.6 cm³/mol. The van der Waals surface area contributed by atoms with Crippen molar-refractivity contribution in [1.29, 1.82) is 0 Å². The third kappa shape index (κ3) is 1.70. The Hall–Kier alpha value is -2.29. The summed E-state index contributed by atoms with van der Waals surface area (Å²) in [5.41, 5.74) is 11.3. The number of nitrogens with zero attached hydrogens (tertiary/aromatic N) is 2. The number of nitrogens with two attached hydrogens (primary N) is 1. The van der Waals surface area contributed by atoms with Crippen molar-refractivity contribution in [3.8, 4) is 11.4 Å². The Kier molecular flexibility index (Phi) is 2.36. The molecule has 0 radical (unpaired) electrons. The van der Waals surface area contributed by atoms with Crippen LogP contribution in [0.5, 0.6) is 0 Å². The topological polar surface area (TPSA) is 43.8 Å². The summed E-state index contributed by atoms with van der Waals surface area (Å²) in [6, 6.07) is 15.2. The number of hydrogen-bond donors (Lipinski definition) is 1. The number of hydrogen-bond acceptors (Lipinski definition) is 2. The molecule has 2 aromatic carbocycles. The summed E-state index contributed by atoms with van der Waals surface area (Å²) in [7, 11) is 0. The number of rotatable bonds is 2. The third-order valence-corrected chi connectivity index (χ3v) is 4.04. The van der Waals surface area contributed by atoms with Crippen molar-refractivity contribution >= 4 is 16.7 Å². The van der Waals surface area contributed by atoms with Gasteiger partial charge in [0.05, 0.1) is 11.0 Å². The molecule has 0 amide bonds. The maximum atomic E-state index is 5.92. The van der Waals surface area contributed by atoms with Crippen LogP contribution in [0.2, 0.25) is 0 Å². The minimum atomic E-state index is 0.607. The Balaban J connectivity index is 1.98. The zero-order valence-electron chi connectivity index (χ0n) is 11.5. The molecule has 1 aromatic heterocycles. The molecule has 0 saturated heterocycles. The van der Waals surface area contributed by atoms with Gasteiger partial charge in [-0.3, -0.25) is 0 Å². The van der Waals surface area contributed by atoms with E-state index in [-0.39, 0.29) is 0 Å². The smallest absolute Gasteiger partial charge is 0.141 e. The maximum absolute atomic E-state index is 5.92. The molecule has 1 fully saturated rings. The fourth-order valence-electron chi connectivity index (χ4n) is 2.77. The highest BCUT2D eigenvalue weighted by Crippen LogP contribution is 2.41. The van der Waals surface area contributed by atoms with E-state index in [0.29, 0.717) is 6.04 Å². The van der Waals surface area contributed by atoms with E-state index in [9.17, 15) is 0 Å². The van der Waals surface area contributed by atoms with E-state index in [0.717, 1.165) is 28.2 Å². The van der Waals surface area contributed by atoms with Crippen LogP contribution in [-0.2, 0) is 0 Å².